The van der Waals surface area contributed by atoms with Crippen molar-refractivity contribution in [2.24, 2.45) is 0 Å². The zero-order valence-electron chi connectivity index (χ0n) is 9.55. The number of anilines is 2. The second-order valence-electron chi connectivity index (χ2n) is 3.71. The van der Waals surface area contributed by atoms with Crippen LogP contribution < -0.4 is 5.32 Å². The number of aromatic nitrogens is 1. The Labute approximate surface area is 102 Å². The summed E-state index contributed by atoms with van der Waals surface area (Å²) in [6.45, 7) is 1.82. The van der Waals surface area contributed by atoms with E-state index >= 15 is 0 Å². The summed E-state index contributed by atoms with van der Waals surface area (Å²) in [5, 5.41) is 13.2. The first-order valence-corrected chi connectivity index (χ1v) is 5.21. The third-order valence-corrected chi connectivity index (χ3v) is 2.31. The van der Waals surface area contributed by atoms with Crippen molar-refractivity contribution in [3.63, 3.8) is 0 Å². The van der Waals surface area contributed by atoms with Crippen LogP contribution in [0.25, 0.3) is 0 Å². The highest BCUT2D eigenvalue weighted by Gasteiger charge is 2.10. The van der Waals surface area contributed by atoms with Crippen LogP contribution in [0.5, 0.6) is 0 Å². The van der Waals surface area contributed by atoms with E-state index in [1.807, 2.05) is 13.0 Å². The minimum absolute atomic E-state index is 0.152. The molecule has 0 aliphatic heterocycles. The van der Waals surface area contributed by atoms with E-state index in [1.165, 1.54) is 12.1 Å². The number of aryl methyl sites for hydroxylation is 1. The van der Waals surface area contributed by atoms with Crippen LogP contribution >= 0.6 is 0 Å². The number of nitrogens with one attached hydrogen (secondary N) is 1. The first-order valence-electron chi connectivity index (χ1n) is 5.21. The zero-order chi connectivity index (χ0) is 13.1. The van der Waals surface area contributed by atoms with Crippen LogP contribution in [0, 0.1) is 22.9 Å². The van der Waals surface area contributed by atoms with Gasteiger partial charge in [0.25, 0.3) is 5.69 Å². The van der Waals surface area contributed by atoms with E-state index in [2.05, 4.69) is 10.3 Å². The van der Waals surface area contributed by atoms with Crippen LogP contribution in [-0.2, 0) is 0 Å². The molecule has 6 heteroatoms. The van der Waals surface area contributed by atoms with Gasteiger partial charge in [0, 0.05) is 11.8 Å². The maximum absolute atomic E-state index is 13.6. The Balaban J connectivity index is 2.27. The predicted molar refractivity (Wildman–Crippen MR) is 65.3 cm³/mol. The minimum Gasteiger partial charge on any atom is -0.338 e. The van der Waals surface area contributed by atoms with Gasteiger partial charge >= 0.3 is 0 Å². The lowest BCUT2D eigenvalue weighted by Gasteiger charge is -2.06. The summed E-state index contributed by atoms with van der Waals surface area (Å²) in [6.07, 6.45) is 0. The Morgan fingerprint density at radius 1 is 1.33 bits per heavy atom. The van der Waals surface area contributed by atoms with Crippen molar-refractivity contribution < 1.29 is 9.31 Å². The van der Waals surface area contributed by atoms with Gasteiger partial charge in [-0.1, -0.05) is 6.07 Å². The van der Waals surface area contributed by atoms with Gasteiger partial charge in [0.05, 0.1) is 16.7 Å². The van der Waals surface area contributed by atoms with Crippen molar-refractivity contribution in [2.75, 3.05) is 5.32 Å². The number of nitrogens with zero attached hydrogens (tertiary/aromatic N) is 2. The number of rotatable bonds is 3. The zero-order valence-corrected chi connectivity index (χ0v) is 9.55. The van der Waals surface area contributed by atoms with Gasteiger partial charge in [-0.3, -0.25) is 10.1 Å². The first kappa shape index (κ1) is 12.0. The molecule has 1 aromatic heterocycles. The molecule has 0 atom stereocenters. The van der Waals surface area contributed by atoms with Gasteiger partial charge in [0.1, 0.15) is 5.82 Å². The number of pyridine rings is 1. The van der Waals surface area contributed by atoms with E-state index in [4.69, 9.17) is 0 Å². The summed E-state index contributed by atoms with van der Waals surface area (Å²) in [4.78, 5) is 14.0. The molecular weight excluding hydrogens is 237 g/mol. The summed E-state index contributed by atoms with van der Waals surface area (Å²) in [5.41, 5.74) is 0.663. The van der Waals surface area contributed by atoms with E-state index in [-0.39, 0.29) is 11.4 Å². The molecule has 2 rings (SSSR count). The van der Waals surface area contributed by atoms with Crippen LogP contribution in [0.2, 0.25) is 0 Å². The van der Waals surface area contributed by atoms with Gasteiger partial charge in [0.15, 0.2) is 5.82 Å². The molecule has 1 N–H and O–H groups in total. The second kappa shape index (κ2) is 4.79. The summed E-state index contributed by atoms with van der Waals surface area (Å²) in [7, 11) is 0. The molecule has 5 nitrogen and oxygen atoms in total. The minimum atomic E-state index is -0.687. The normalized spacial score (nSPS) is 10.1. The van der Waals surface area contributed by atoms with Crippen LogP contribution in [0.15, 0.2) is 36.4 Å². The van der Waals surface area contributed by atoms with Gasteiger partial charge in [0.2, 0.25) is 0 Å². The van der Waals surface area contributed by atoms with Gasteiger partial charge < -0.3 is 5.32 Å². The van der Waals surface area contributed by atoms with E-state index in [0.29, 0.717) is 5.82 Å². The molecule has 0 saturated heterocycles. The Morgan fingerprint density at radius 3 is 2.72 bits per heavy atom. The fourth-order valence-electron chi connectivity index (χ4n) is 1.47. The average molecular weight is 247 g/mol. The number of nitro groups is 1. The van der Waals surface area contributed by atoms with Crippen LogP contribution in [0.4, 0.5) is 21.6 Å². The molecule has 0 spiro atoms. The standard InChI is InChI=1S/C12H10FN3O2/c1-8-3-2-4-12(14-8)15-11-6-5-9(16(17)18)7-10(11)13/h2-7H,1H3,(H,14,15). The number of nitro benzene ring substituents is 1. The van der Waals surface area contributed by atoms with Crippen molar-refractivity contribution >= 4 is 17.2 Å². The third-order valence-electron chi connectivity index (χ3n) is 2.31. The fourth-order valence-corrected chi connectivity index (χ4v) is 1.47. The van der Waals surface area contributed by atoms with Crippen molar-refractivity contribution in [1.29, 1.82) is 0 Å². The molecule has 0 amide bonds. The molecule has 0 unspecified atom stereocenters. The molecule has 0 saturated carbocycles. The molecular formula is C12H10FN3O2. The topological polar surface area (TPSA) is 68.1 Å². The molecule has 1 heterocycles. The highest BCUT2D eigenvalue weighted by Crippen LogP contribution is 2.23. The summed E-state index contributed by atoms with van der Waals surface area (Å²) in [5.74, 6) is -0.199. The highest BCUT2D eigenvalue weighted by molar-refractivity contribution is 5.59. The molecule has 2 aromatic rings. The van der Waals surface area contributed by atoms with Crippen molar-refractivity contribution in [2.45, 2.75) is 6.92 Å². The van der Waals surface area contributed by atoms with E-state index in [1.54, 1.807) is 12.1 Å². The Hall–Kier alpha value is -2.50. The monoisotopic (exact) mass is 247 g/mol. The number of benzene rings is 1. The summed E-state index contributed by atoms with van der Waals surface area (Å²) in [6, 6.07) is 8.72. The van der Waals surface area contributed by atoms with Crippen molar-refractivity contribution in [3.8, 4) is 0 Å². The molecule has 0 bridgehead atoms. The maximum atomic E-state index is 13.6. The Kier molecular flexibility index (Phi) is 3.18. The van der Waals surface area contributed by atoms with E-state index in [0.717, 1.165) is 11.8 Å². The van der Waals surface area contributed by atoms with Crippen LogP contribution in [-0.4, -0.2) is 9.91 Å². The van der Waals surface area contributed by atoms with E-state index < -0.39 is 10.7 Å². The van der Waals surface area contributed by atoms with Crippen LogP contribution in [0.1, 0.15) is 5.69 Å². The van der Waals surface area contributed by atoms with E-state index in [9.17, 15) is 14.5 Å². The number of hydrogen-bond donors (Lipinski definition) is 1. The molecule has 0 aliphatic carbocycles. The molecule has 0 aliphatic rings. The lowest BCUT2D eigenvalue weighted by molar-refractivity contribution is -0.385. The lowest BCUT2D eigenvalue weighted by Crippen LogP contribution is -1.98. The molecule has 18 heavy (non-hydrogen) atoms. The van der Waals surface area contributed by atoms with Gasteiger partial charge in [-0.25, -0.2) is 9.37 Å². The number of halogens is 1. The molecule has 1 aromatic carbocycles. The summed E-state index contributed by atoms with van der Waals surface area (Å²) >= 11 is 0. The van der Waals surface area contributed by atoms with Crippen molar-refractivity contribution in [3.05, 3.63) is 58.0 Å². The SMILES string of the molecule is Cc1cccc(Nc2ccc([N+](=O)[O-])cc2F)n1. The van der Waals surface area contributed by atoms with Gasteiger partial charge in [-0.15, -0.1) is 0 Å². The average Bonchev–Trinajstić information content (AvgIpc) is 2.31. The largest absolute Gasteiger partial charge is 0.338 e. The summed E-state index contributed by atoms with van der Waals surface area (Å²) < 4.78 is 13.6. The first-order chi connectivity index (χ1) is 8.56. The quantitative estimate of drug-likeness (QED) is 0.668. The maximum Gasteiger partial charge on any atom is 0.272 e. The predicted octanol–water partition coefficient (Wildman–Crippen LogP) is 3.18. The lowest BCUT2D eigenvalue weighted by atomic mass is 10.2. The molecule has 92 valence electrons. The molecule has 0 radical (unpaired) electrons. The highest BCUT2D eigenvalue weighted by atomic mass is 19.1. The van der Waals surface area contributed by atoms with Crippen LogP contribution in [0.3, 0.4) is 0 Å². The van der Waals surface area contributed by atoms with Gasteiger partial charge in [-0.05, 0) is 25.1 Å². The van der Waals surface area contributed by atoms with Crippen molar-refractivity contribution in [1.82, 2.24) is 4.98 Å². The Bertz CT molecular complexity index is 602. The Morgan fingerprint density at radius 2 is 2.11 bits per heavy atom. The fraction of sp³-hybridized carbons (Fsp3) is 0.0833. The number of non-ortho nitro benzene ring substituents is 1. The smallest absolute Gasteiger partial charge is 0.272 e. The third kappa shape index (κ3) is 2.60. The second-order valence-corrected chi connectivity index (χ2v) is 3.71. The van der Waals surface area contributed by atoms with Gasteiger partial charge in [-0.2, -0.15) is 0 Å². The number of hydrogen-bond acceptors (Lipinski definition) is 4. The molecule has 0 fully saturated rings.